The van der Waals surface area contributed by atoms with Gasteiger partial charge in [0.15, 0.2) is 0 Å². The molecule has 0 spiro atoms. The van der Waals surface area contributed by atoms with Crippen molar-refractivity contribution in [3.8, 4) is 0 Å². The van der Waals surface area contributed by atoms with Crippen molar-refractivity contribution < 1.29 is 13.2 Å². The number of carbonyl (C=O) groups is 1. The number of sulfonamides is 1. The molecule has 1 aliphatic rings. The van der Waals surface area contributed by atoms with E-state index in [-0.39, 0.29) is 27.4 Å². The molecule has 32 heavy (non-hydrogen) atoms. The minimum atomic E-state index is -3.98. The van der Waals surface area contributed by atoms with Crippen molar-refractivity contribution in [1.82, 2.24) is 5.32 Å². The summed E-state index contributed by atoms with van der Waals surface area (Å²) in [6.45, 7) is 3.76. The van der Waals surface area contributed by atoms with Crippen molar-refractivity contribution in [2.75, 3.05) is 4.72 Å². The smallest absolute Gasteiger partial charge is 0.263 e. The molecule has 0 heterocycles. The quantitative estimate of drug-likeness (QED) is 0.514. The Morgan fingerprint density at radius 3 is 2.62 bits per heavy atom. The summed E-state index contributed by atoms with van der Waals surface area (Å²) < 4.78 is 28.8. The third-order valence-electron chi connectivity index (χ3n) is 6.01. The lowest BCUT2D eigenvalue weighted by Gasteiger charge is -2.26. The summed E-state index contributed by atoms with van der Waals surface area (Å²) in [6.07, 6.45) is 2.83. The minimum absolute atomic E-state index is 0.0577. The third-order valence-corrected chi connectivity index (χ3v) is 7.85. The van der Waals surface area contributed by atoms with Gasteiger partial charge in [-0.3, -0.25) is 9.52 Å². The molecule has 7 heteroatoms. The summed E-state index contributed by atoms with van der Waals surface area (Å²) in [5.74, 6) is -0.327. The molecular weight excluding hydrogens is 444 g/mol. The zero-order valence-corrected chi connectivity index (χ0v) is 19.6. The van der Waals surface area contributed by atoms with Gasteiger partial charge in [0.2, 0.25) is 0 Å². The number of aryl methyl sites for hydroxylation is 2. The van der Waals surface area contributed by atoms with Gasteiger partial charge in [-0.25, -0.2) is 8.42 Å². The van der Waals surface area contributed by atoms with Crippen LogP contribution in [0, 0.1) is 13.8 Å². The second-order valence-electron chi connectivity index (χ2n) is 8.12. The predicted molar refractivity (Wildman–Crippen MR) is 128 cm³/mol. The molecule has 5 nitrogen and oxygen atoms in total. The largest absolute Gasteiger partial charge is 0.345 e. The van der Waals surface area contributed by atoms with Crippen molar-refractivity contribution in [1.29, 1.82) is 0 Å². The maximum absolute atomic E-state index is 13.1. The number of benzene rings is 3. The fraction of sp³-hybridized carbons (Fsp3) is 0.240. The summed E-state index contributed by atoms with van der Waals surface area (Å²) in [7, 11) is -3.98. The van der Waals surface area contributed by atoms with Crippen LogP contribution in [-0.4, -0.2) is 14.3 Å². The Labute approximate surface area is 193 Å². The van der Waals surface area contributed by atoms with E-state index in [1.807, 2.05) is 38.1 Å². The Hall–Kier alpha value is -2.83. The molecule has 1 atom stereocenters. The second kappa shape index (κ2) is 8.96. The molecule has 3 aromatic carbocycles. The van der Waals surface area contributed by atoms with Crippen LogP contribution in [0.5, 0.6) is 0 Å². The normalized spacial score (nSPS) is 15.7. The molecule has 0 saturated heterocycles. The zero-order chi connectivity index (χ0) is 22.9. The number of hydrogen-bond acceptors (Lipinski definition) is 3. The highest BCUT2D eigenvalue weighted by atomic mass is 35.5. The van der Waals surface area contributed by atoms with E-state index < -0.39 is 10.0 Å². The highest BCUT2D eigenvalue weighted by molar-refractivity contribution is 7.92. The standard InChI is InChI=1S/C25H25ClN2O3S/c1-16-7-5-11-22(17(16)2)28-32(30,31)24-15-19(13-14-21(24)26)25(29)27-23-12-6-9-18-8-3-4-10-20(18)23/h3-5,7-8,10-11,13-15,23,28H,6,9,12H2,1-2H3,(H,27,29). The van der Waals surface area contributed by atoms with Gasteiger partial charge in [0.05, 0.1) is 16.8 Å². The fourth-order valence-electron chi connectivity index (χ4n) is 4.06. The van der Waals surface area contributed by atoms with E-state index in [1.54, 1.807) is 18.2 Å². The molecule has 0 bridgehead atoms. The van der Waals surface area contributed by atoms with Gasteiger partial charge in [0.1, 0.15) is 4.90 Å². The first-order valence-corrected chi connectivity index (χ1v) is 12.4. The molecule has 0 aromatic heterocycles. The number of carbonyl (C=O) groups excluding carboxylic acids is 1. The lowest BCUT2D eigenvalue weighted by atomic mass is 9.87. The van der Waals surface area contributed by atoms with E-state index in [0.29, 0.717) is 5.69 Å². The molecule has 1 amide bonds. The predicted octanol–water partition coefficient (Wildman–Crippen LogP) is 5.57. The monoisotopic (exact) mass is 468 g/mol. The van der Waals surface area contributed by atoms with E-state index in [4.69, 9.17) is 11.6 Å². The summed E-state index contributed by atoms with van der Waals surface area (Å²) >= 11 is 6.23. The number of amides is 1. The van der Waals surface area contributed by atoms with E-state index in [2.05, 4.69) is 16.1 Å². The summed E-state index contributed by atoms with van der Waals surface area (Å²) in [6, 6.07) is 17.7. The molecule has 4 rings (SSSR count). The summed E-state index contributed by atoms with van der Waals surface area (Å²) in [5, 5.41) is 3.12. The van der Waals surface area contributed by atoms with Crippen molar-refractivity contribution >= 4 is 33.2 Å². The molecule has 0 aliphatic heterocycles. The molecule has 166 valence electrons. The average molecular weight is 469 g/mol. The molecule has 0 radical (unpaired) electrons. The third kappa shape index (κ3) is 4.52. The minimum Gasteiger partial charge on any atom is -0.345 e. The van der Waals surface area contributed by atoms with E-state index in [1.165, 1.54) is 17.7 Å². The number of hydrogen-bond donors (Lipinski definition) is 2. The van der Waals surface area contributed by atoms with Crippen LogP contribution >= 0.6 is 11.6 Å². The summed E-state index contributed by atoms with van der Waals surface area (Å²) in [5.41, 5.74) is 4.88. The first-order chi connectivity index (χ1) is 15.3. The molecule has 1 unspecified atom stereocenters. The Morgan fingerprint density at radius 1 is 1.03 bits per heavy atom. The molecule has 2 N–H and O–H groups in total. The van der Waals surface area contributed by atoms with Crippen LogP contribution in [0.2, 0.25) is 5.02 Å². The van der Waals surface area contributed by atoms with Crippen molar-refractivity contribution in [3.05, 3.63) is 93.5 Å². The van der Waals surface area contributed by atoms with Crippen LogP contribution < -0.4 is 10.0 Å². The molecular formula is C25H25ClN2O3S. The summed E-state index contributed by atoms with van der Waals surface area (Å²) in [4.78, 5) is 12.9. The fourth-order valence-corrected chi connectivity index (χ4v) is 5.71. The first kappa shape index (κ1) is 22.4. The topological polar surface area (TPSA) is 75.3 Å². The van der Waals surface area contributed by atoms with E-state index >= 15 is 0 Å². The number of fused-ring (bicyclic) bond motifs is 1. The van der Waals surface area contributed by atoms with Crippen LogP contribution in [0.3, 0.4) is 0 Å². The number of nitrogens with one attached hydrogen (secondary N) is 2. The van der Waals surface area contributed by atoms with Gasteiger partial charge in [-0.05, 0) is 79.6 Å². The van der Waals surface area contributed by atoms with Gasteiger partial charge in [-0.2, -0.15) is 0 Å². The van der Waals surface area contributed by atoms with Crippen molar-refractivity contribution in [3.63, 3.8) is 0 Å². The Bertz CT molecular complexity index is 1290. The SMILES string of the molecule is Cc1cccc(NS(=O)(=O)c2cc(C(=O)NC3CCCc4ccccc43)ccc2Cl)c1C. The van der Waals surface area contributed by atoms with E-state index in [9.17, 15) is 13.2 Å². The van der Waals surface area contributed by atoms with Gasteiger partial charge in [0, 0.05) is 5.56 Å². The van der Waals surface area contributed by atoms with Gasteiger partial charge < -0.3 is 5.32 Å². The Morgan fingerprint density at radius 2 is 1.81 bits per heavy atom. The number of halogens is 1. The Kier molecular flexibility index (Phi) is 6.26. The molecule has 3 aromatic rings. The van der Waals surface area contributed by atoms with Crippen LogP contribution in [0.1, 0.15) is 51.5 Å². The lowest BCUT2D eigenvalue weighted by molar-refractivity contribution is 0.0932. The van der Waals surface area contributed by atoms with Gasteiger partial charge >= 0.3 is 0 Å². The van der Waals surface area contributed by atoms with E-state index in [0.717, 1.165) is 36.0 Å². The molecule has 0 fully saturated rings. The lowest BCUT2D eigenvalue weighted by Crippen LogP contribution is -2.31. The zero-order valence-electron chi connectivity index (χ0n) is 18.0. The van der Waals surface area contributed by atoms with Crippen LogP contribution in [0.4, 0.5) is 5.69 Å². The number of rotatable bonds is 5. The average Bonchev–Trinajstić information content (AvgIpc) is 2.77. The second-order valence-corrected chi connectivity index (χ2v) is 10.2. The first-order valence-electron chi connectivity index (χ1n) is 10.5. The Balaban J connectivity index is 1.60. The highest BCUT2D eigenvalue weighted by Gasteiger charge is 2.24. The molecule has 1 aliphatic carbocycles. The van der Waals surface area contributed by atoms with Gasteiger partial charge in [-0.15, -0.1) is 0 Å². The van der Waals surface area contributed by atoms with Crippen LogP contribution in [0.15, 0.2) is 65.6 Å². The van der Waals surface area contributed by atoms with Crippen LogP contribution in [0.25, 0.3) is 0 Å². The van der Waals surface area contributed by atoms with Crippen molar-refractivity contribution in [2.45, 2.75) is 44.0 Å². The van der Waals surface area contributed by atoms with Gasteiger partial charge in [0.25, 0.3) is 15.9 Å². The van der Waals surface area contributed by atoms with Crippen molar-refractivity contribution in [2.24, 2.45) is 0 Å². The molecule has 0 saturated carbocycles. The van der Waals surface area contributed by atoms with Gasteiger partial charge in [-0.1, -0.05) is 48.0 Å². The maximum atomic E-state index is 13.1. The maximum Gasteiger partial charge on any atom is 0.263 e. The number of anilines is 1. The van der Waals surface area contributed by atoms with Crippen LogP contribution in [-0.2, 0) is 16.4 Å². The highest BCUT2D eigenvalue weighted by Crippen LogP contribution is 2.31.